The summed E-state index contributed by atoms with van der Waals surface area (Å²) in [5.74, 6) is -0.390. The van der Waals surface area contributed by atoms with Crippen molar-refractivity contribution >= 4 is 45.9 Å². The van der Waals surface area contributed by atoms with Crippen LogP contribution in [-0.2, 0) is 18.4 Å². The third-order valence-corrected chi connectivity index (χ3v) is 7.12. The summed E-state index contributed by atoms with van der Waals surface area (Å²) in [4.78, 5) is 19.2. The summed E-state index contributed by atoms with van der Waals surface area (Å²) in [6.07, 6.45) is -2.46. The lowest BCUT2D eigenvalue weighted by Crippen LogP contribution is -2.40. The molecule has 180 valence electrons. The number of nitrogens with zero attached hydrogens (tertiary/aromatic N) is 3. The van der Waals surface area contributed by atoms with Gasteiger partial charge in [0.15, 0.2) is 0 Å². The lowest BCUT2D eigenvalue weighted by molar-refractivity contribution is -0.192. The van der Waals surface area contributed by atoms with Crippen LogP contribution in [0, 0.1) is 5.41 Å². The molecule has 0 radical (unpaired) electrons. The van der Waals surface area contributed by atoms with Gasteiger partial charge in [-0.15, -0.1) is 0 Å². The molecule has 1 saturated heterocycles. The maximum Gasteiger partial charge on any atom is 0.403 e. The van der Waals surface area contributed by atoms with Crippen molar-refractivity contribution in [1.29, 1.82) is 0 Å². The second-order valence-electron chi connectivity index (χ2n) is 9.06. The molecule has 1 saturated carbocycles. The Hall–Kier alpha value is -2.94. The lowest BCUT2D eigenvalue weighted by Gasteiger charge is -2.18. The average molecular weight is 492 g/mol. The predicted molar refractivity (Wildman–Crippen MR) is 126 cm³/mol. The summed E-state index contributed by atoms with van der Waals surface area (Å²) in [5.41, 5.74) is 1.95. The zero-order valence-electron chi connectivity index (χ0n) is 18.7. The van der Waals surface area contributed by atoms with E-state index in [9.17, 15) is 18.0 Å². The smallest absolute Gasteiger partial charge is 0.371 e. The number of halogens is 4. The number of fused-ring (bicyclic) bond motifs is 1. The van der Waals surface area contributed by atoms with Crippen molar-refractivity contribution in [2.45, 2.75) is 38.4 Å². The molecule has 3 aromatic rings. The molecular formula is C24H25ClF3N5O. The van der Waals surface area contributed by atoms with E-state index in [1.165, 1.54) is 18.5 Å². The van der Waals surface area contributed by atoms with Gasteiger partial charge in [-0.2, -0.15) is 13.2 Å². The summed E-state index contributed by atoms with van der Waals surface area (Å²) in [6, 6.07) is 11.2. The SMILES string of the molecule is Cn1c(Nc2cc(CNC(=O)C3(C(F)(F)F)CC3)ccc2Cl)nc2ccc(N3CCCC3)cc21. The normalized spacial score (nSPS) is 17.3. The maximum absolute atomic E-state index is 13.2. The van der Waals surface area contributed by atoms with E-state index in [0.29, 0.717) is 22.2 Å². The fraction of sp³-hybridized carbons (Fsp3) is 0.417. The second kappa shape index (κ2) is 8.37. The molecule has 10 heteroatoms. The first-order valence-electron chi connectivity index (χ1n) is 11.3. The molecule has 1 aliphatic carbocycles. The molecule has 2 fully saturated rings. The van der Waals surface area contributed by atoms with Gasteiger partial charge in [0, 0.05) is 32.4 Å². The Balaban J connectivity index is 1.33. The van der Waals surface area contributed by atoms with Gasteiger partial charge in [0.2, 0.25) is 11.9 Å². The number of imidazole rings is 1. The molecule has 0 spiro atoms. The summed E-state index contributed by atoms with van der Waals surface area (Å²) < 4.78 is 41.5. The molecule has 34 heavy (non-hydrogen) atoms. The number of carbonyl (C=O) groups excluding carboxylic acids is 1. The Labute approximate surface area is 200 Å². The monoisotopic (exact) mass is 491 g/mol. The van der Waals surface area contributed by atoms with E-state index in [4.69, 9.17) is 11.6 Å². The number of alkyl halides is 3. The van der Waals surface area contributed by atoms with E-state index >= 15 is 0 Å². The van der Waals surface area contributed by atoms with Crippen molar-refractivity contribution < 1.29 is 18.0 Å². The zero-order valence-corrected chi connectivity index (χ0v) is 19.4. The topological polar surface area (TPSA) is 62.2 Å². The van der Waals surface area contributed by atoms with Crippen molar-refractivity contribution in [1.82, 2.24) is 14.9 Å². The number of anilines is 3. The van der Waals surface area contributed by atoms with E-state index < -0.39 is 17.5 Å². The molecule has 0 atom stereocenters. The van der Waals surface area contributed by atoms with Crippen LogP contribution in [-0.4, -0.2) is 34.7 Å². The first-order chi connectivity index (χ1) is 16.2. The molecule has 0 bridgehead atoms. The minimum atomic E-state index is -4.53. The highest BCUT2D eigenvalue weighted by molar-refractivity contribution is 6.33. The molecule has 0 unspecified atom stereocenters. The lowest BCUT2D eigenvalue weighted by atomic mass is 10.1. The maximum atomic E-state index is 13.2. The Morgan fingerprint density at radius 1 is 1.15 bits per heavy atom. The molecule has 5 rings (SSSR count). The standard InChI is InChI=1S/C24H25ClF3N5O/c1-32-20-13-16(33-10-2-3-11-33)5-7-18(20)30-22(32)31-19-12-15(4-6-17(19)25)14-29-21(34)23(8-9-23)24(26,27)28/h4-7,12-13H,2-3,8-11,14H2,1H3,(H,29,34)(H,30,31). The Kier molecular flexibility index (Phi) is 5.62. The predicted octanol–water partition coefficient (Wildman–Crippen LogP) is 5.53. The van der Waals surface area contributed by atoms with Crippen LogP contribution in [0.1, 0.15) is 31.2 Å². The molecule has 2 aromatic carbocycles. The fourth-order valence-corrected chi connectivity index (χ4v) is 4.64. The van der Waals surface area contributed by atoms with Crippen molar-refractivity contribution in [2.75, 3.05) is 23.3 Å². The molecule has 1 aromatic heterocycles. The van der Waals surface area contributed by atoms with Gasteiger partial charge in [-0.1, -0.05) is 17.7 Å². The van der Waals surface area contributed by atoms with Gasteiger partial charge in [-0.25, -0.2) is 4.98 Å². The number of aryl methyl sites for hydroxylation is 1. The van der Waals surface area contributed by atoms with Gasteiger partial charge >= 0.3 is 6.18 Å². The average Bonchev–Trinajstić information content (AvgIpc) is 3.36. The van der Waals surface area contributed by atoms with Gasteiger partial charge in [0.1, 0.15) is 5.41 Å². The molecular weight excluding hydrogens is 467 g/mol. The highest BCUT2D eigenvalue weighted by atomic mass is 35.5. The van der Waals surface area contributed by atoms with Gasteiger partial charge in [-0.05, 0) is 61.6 Å². The van der Waals surface area contributed by atoms with Gasteiger partial charge in [-0.3, -0.25) is 4.79 Å². The van der Waals surface area contributed by atoms with Crippen LogP contribution in [0.3, 0.4) is 0 Å². The first-order valence-corrected chi connectivity index (χ1v) is 11.7. The van der Waals surface area contributed by atoms with Crippen LogP contribution in [0.2, 0.25) is 5.02 Å². The molecule has 2 N–H and O–H groups in total. The highest BCUT2D eigenvalue weighted by Gasteiger charge is 2.68. The van der Waals surface area contributed by atoms with Crippen LogP contribution >= 0.6 is 11.6 Å². The molecule has 2 heterocycles. The van der Waals surface area contributed by atoms with E-state index in [-0.39, 0.29) is 19.4 Å². The van der Waals surface area contributed by atoms with Crippen LogP contribution in [0.15, 0.2) is 36.4 Å². The van der Waals surface area contributed by atoms with E-state index in [0.717, 1.165) is 24.1 Å². The van der Waals surface area contributed by atoms with Crippen LogP contribution in [0.25, 0.3) is 11.0 Å². The summed E-state index contributed by atoms with van der Waals surface area (Å²) in [5, 5.41) is 6.10. The first kappa shape index (κ1) is 22.8. The number of nitrogens with one attached hydrogen (secondary N) is 2. The molecule has 1 amide bonds. The number of carbonyl (C=O) groups is 1. The Morgan fingerprint density at radius 3 is 2.56 bits per heavy atom. The van der Waals surface area contributed by atoms with E-state index in [1.54, 1.807) is 18.2 Å². The van der Waals surface area contributed by atoms with Crippen LogP contribution in [0.5, 0.6) is 0 Å². The molecule has 1 aliphatic heterocycles. The van der Waals surface area contributed by atoms with Crippen LogP contribution < -0.4 is 15.5 Å². The van der Waals surface area contributed by atoms with Gasteiger partial charge < -0.3 is 20.1 Å². The minimum absolute atomic E-state index is 0.0236. The quantitative estimate of drug-likeness (QED) is 0.476. The van der Waals surface area contributed by atoms with Gasteiger partial charge in [0.05, 0.1) is 21.7 Å². The van der Waals surface area contributed by atoms with Crippen molar-refractivity contribution in [3.05, 3.63) is 47.0 Å². The summed E-state index contributed by atoms with van der Waals surface area (Å²) in [6.45, 7) is 2.08. The summed E-state index contributed by atoms with van der Waals surface area (Å²) >= 11 is 6.37. The molecule has 6 nitrogen and oxygen atoms in total. The zero-order chi connectivity index (χ0) is 24.1. The largest absolute Gasteiger partial charge is 0.403 e. The summed E-state index contributed by atoms with van der Waals surface area (Å²) in [7, 11) is 1.91. The number of aromatic nitrogens is 2. The van der Waals surface area contributed by atoms with Gasteiger partial charge in [0.25, 0.3) is 0 Å². The van der Waals surface area contributed by atoms with Crippen molar-refractivity contribution in [3.8, 4) is 0 Å². The second-order valence-corrected chi connectivity index (χ2v) is 9.47. The van der Waals surface area contributed by atoms with E-state index in [2.05, 4.69) is 32.7 Å². The van der Waals surface area contributed by atoms with E-state index in [1.807, 2.05) is 17.7 Å². The third kappa shape index (κ3) is 4.06. The molecule has 2 aliphatic rings. The third-order valence-electron chi connectivity index (χ3n) is 6.79. The van der Waals surface area contributed by atoms with Crippen molar-refractivity contribution in [2.24, 2.45) is 12.5 Å². The van der Waals surface area contributed by atoms with Crippen molar-refractivity contribution in [3.63, 3.8) is 0 Å². The number of rotatable bonds is 6. The highest BCUT2D eigenvalue weighted by Crippen LogP contribution is 2.57. The minimum Gasteiger partial charge on any atom is -0.371 e. The number of hydrogen-bond donors (Lipinski definition) is 2. The van der Waals surface area contributed by atoms with Crippen LogP contribution in [0.4, 0.5) is 30.5 Å². The Morgan fingerprint density at radius 2 is 1.88 bits per heavy atom. The Bertz CT molecular complexity index is 1250. The fourth-order valence-electron chi connectivity index (χ4n) is 4.48. The number of benzene rings is 2. The number of amides is 1. The number of hydrogen-bond acceptors (Lipinski definition) is 4.